The molecule has 2 amide bonds. The predicted octanol–water partition coefficient (Wildman–Crippen LogP) is 10.1. The summed E-state index contributed by atoms with van der Waals surface area (Å²) in [5.41, 5.74) is 8.16. The van der Waals surface area contributed by atoms with E-state index in [1.54, 1.807) is 6.07 Å². The van der Waals surface area contributed by atoms with Gasteiger partial charge in [0.25, 0.3) is 0 Å². The summed E-state index contributed by atoms with van der Waals surface area (Å²) in [5, 5.41) is 41.8. The van der Waals surface area contributed by atoms with Crippen LogP contribution in [0.3, 0.4) is 0 Å². The fourth-order valence-electron chi connectivity index (χ4n) is 8.71. The number of rotatable bonds is 16. The topological polar surface area (TPSA) is 180 Å². The van der Waals surface area contributed by atoms with E-state index in [0.29, 0.717) is 41.8 Å². The average molecular weight is 1040 g/mol. The Morgan fingerprint density at radius 1 is 0.556 bits per heavy atom. The van der Waals surface area contributed by atoms with Gasteiger partial charge in [-0.15, -0.1) is 0 Å². The molecular weight excluding hydrogens is 985 g/mol. The quantitative estimate of drug-likeness (QED) is 0.0511. The van der Waals surface area contributed by atoms with Crippen LogP contribution in [0.2, 0.25) is 0 Å². The molecule has 6 aromatic rings. The molecule has 0 saturated heterocycles. The van der Waals surface area contributed by atoms with Crippen LogP contribution in [0.25, 0.3) is 11.1 Å². The molecule has 10 rings (SSSR count). The molecule has 72 heavy (non-hydrogen) atoms. The number of carbonyl (C=O) groups excluding carboxylic acids is 2. The van der Waals surface area contributed by atoms with Gasteiger partial charge in [-0.25, -0.2) is 18.4 Å². The number of aromatic carboxylic acids is 2. The summed E-state index contributed by atoms with van der Waals surface area (Å²) in [4.78, 5) is 52.8. The van der Waals surface area contributed by atoms with E-state index in [9.17, 15) is 33.1 Å². The summed E-state index contributed by atoms with van der Waals surface area (Å²) >= 11 is 3.55. The monoisotopic (exact) mass is 1040 g/mol. The summed E-state index contributed by atoms with van der Waals surface area (Å²) in [6.07, 6.45) is 10.2. The number of nitrogens with zero attached hydrogens (tertiary/aromatic N) is 2. The first kappa shape index (κ1) is 51.5. The Morgan fingerprint density at radius 3 is 1.40 bits per heavy atom. The molecule has 4 saturated carbocycles. The number of carboxylic acid groups (broad SMARTS) is 2. The summed E-state index contributed by atoms with van der Waals surface area (Å²) in [7, 11) is -1.98. The maximum atomic E-state index is 14.0. The summed E-state index contributed by atoms with van der Waals surface area (Å²) in [5.74, 6) is -3.79. The van der Waals surface area contributed by atoms with Crippen molar-refractivity contribution in [3.63, 3.8) is 0 Å². The number of amides is 2. The summed E-state index contributed by atoms with van der Waals surface area (Å²) < 4.78 is 27.6. The van der Waals surface area contributed by atoms with Gasteiger partial charge in [-0.05, 0) is 160 Å². The highest BCUT2D eigenvalue weighted by Crippen LogP contribution is 2.46. The third-order valence-electron chi connectivity index (χ3n) is 12.8. The van der Waals surface area contributed by atoms with Gasteiger partial charge in [0.2, 0.25) is 11.8 Å². The number of carbonyl (C=O) groups is 4. The van der Waals surface area contributed by atoms with Crippen LogP contribution in [0, 0.1) is 25.5 Å². The Hall–Kier alpha value is -6.88. The lowest BCUT2D eigenvalue weighted by Crippen LogP contribution is -2.35. The standard InChI is InChI=1S/C28H27FN2O3.C21H23BrN2O.C7H6BFO4/c1-17-2-4-18(5-3-17)14-27(32)30-25-15-19(24-16-20(29)7-12-23(24)28(33)34)6-13-26(25)31(21-8-9-21)22-10-11-22;1-14-2-4-15(5-3-14)12-21(25)23-19-13-16(22)6-11-20(19)24(17-7-8-17)18-9-10-18;9-4-1-2-5(7(10)11)6(3-4)8(12)13/h2-7,12-13,15-16,21-22H,8-11,14H2,1H3,(H,30,32)(H,33,34);2-6,11,13,17-18H,7-10,12H2,1H3,(H,23,25);1-3,12-13H,(H,10,11). The van der Waals surface area contributed by atoms with Crippen molar-refractivity contribution in [2.75, 3.05) is 20.4 Å². The highest BCUT2D eigenvalue weighted by atomic mass is 79.9. The van der Waals surface area contributed by atoms with Crippen LogP contribution < -0.4 is 25.9 Å². The first-order valence-electron chi connectivity index (χ1n) is 24.1. The Balaban J connectivity index is 0.000000159. The highest BCUT2D eigenvalue weighted by molar-refractivity contribution is 9.10. The minimum Gasteiger partial charge on any atom is -0.478 e. The number of benzene rings is 6. The first-order chi connectivity index (χ1) is 34.5. The second-order valence-electron chi connectivity index (χ2n) is 19.0. The van der Waals surface area contributed by atoms with Crippen LogP contribution >= 0.6 is 15.9 Å². The van der Waals surface area contributed by atoms with Gasteiger partial charge in [-0.3, -0.25) is 9.59 Å². The minimum atomic E-state index is -1.98. The number of hydrogen-bond donors (Lipinski definition) is 6. The first-order valence-corrected chi connectivity index (χ1v) is 24.9. The molecule has 6 aromatic carbocycles. The van der Waals surface area contributed by atoms with E-state index < -0.39 is 30.7 Å². The van der Waals surface area contributed by atoms with Crippen molar-refractivity contribution in [1.82, 2.24) is 0 Å². The maximum Gasteiger partial charge on any atom is 0.489 e. The Kier molecular flexibility index (Phi) is 16.2. The number of carboxylic acids is 2. The molecule has 0 unspecified atom stereocenters. The molecule has 16 heteroatoms. The number of aryl methyl sites for hydroxylation is 2. The lowest BCUT2D eigenvalue weighted by molar-refractivity contribution is -0.116. The number of anilines is 4. The summed E-state index contributed by atoms with van der Waals surface area (Å²) in [6, 6.07) is 36.4. The second-order valence-corrected chi connectivity index (χ2v) is 19.9. The molecule has 4 aliphatic rings. The SMILES string of the molecule is Cc1ccc(CC(=O)Nc2cc(-c3cc(F)ccc3C(=O)O)ccc2N(C2CC2)C2CC2)cc1.Cc1ccc(CC(=O)Nc2cc(Br)ccc2N(C2CC2)C2CC2)cc1.O=C(O)c1ccc(F)cc1B(O)O. The molecule has 0 atom stereocenters. The molecule has 372 valence electrons. The van der Waals surface area contributed by atoms with Gasteiger partial charge in [0.15, 0.2) is 0 Å². The molecule has 0 aromatic heterocycles. The molecule has 0 spiro atoms. The Morgan fingerprint density at radius 2 is 0.972 bits per heavy atom. The lowest BCUT2D eigenvalue weighted by Gasteiger charge is -2.28. The predicted molar refractivity (Wildman–Crippen MR) is 280 cm³/mol. The van der Waals surface area contributed by atoms with Crippen molar-refractivity contribution in [2.45, 2.75) is 102 Å². The zero-order valence-electron chi connectivity index (χ0n) is 40.0. The van der Waals surface area contributed by atoms with Gasteiger partial charge >= 0.3 is 19.1 Å². The van der Waals surface area contributed by atoms with Crippen LogP contribution in [-0.4, -0.2) is 75.3 Å². The molecule has 6 N–H and O–H groups in total. The summed E-state index contributed by atoms with van der Waals surface area (Å²) in [6.45, 7) is 4.06. The molecular formula is C56H56BBrF2N4O8. The largest absolute Gasteiger partial charge is 0.489 e. The van der Waals surface area contributed by atoms with E-state index in [1.807, 2.05) is 61.5 Å². The van der Waals surface area contributed by atoms with Crippen LogP contribution in [0.4, 0.5) is 31.5 Å². The fourth-order valence-corrected chi connectivity index (χ4v) is 9.07. The van der Waals surface area contributed by atoms with Crippen molar-refractivity contribution in [2.24, 2.45) is 0 Å². The lowest BCUT2D eigenvalue weighted by atomic mass is 9.77. The molecule has 0 radical (unpaired) electrons. The van der Waals surface area contributed by atoms with Gasteiger partial charge < -0.3 is 40.7 Å². The van der Waals surface area contributed by atoms with Gasteiger partial charge in [0.1, 0.15) is 11.6 Å². The van der Waals surface area contributed by atoms with Crippen LogP contribution in [-0.2, 0) is 22.4 Å². The van der Waals surface area contributed by atoms with Crippen molar-refractivity contribution in [3.05, 3.63) is 171 Å². The van der Waals surface area contributed by atoms with E-state index in [1.165, 1.54) is 49.1 Å². The third-order valence-corrected chi connectivity index (χ3v) is 13.3. The third kappa shape index (κ3) is 13.7. The molecule has 4 aliphatic carbocycles. The number of hydrogen-bond acceptors (Lipinski definition) is 8. The normalized spacial score (nSPS) is 14.7. The fraction of sp³-hybridized carbons (Fsp3) is 0.286. The maximum absolute atomic E-state index is 14.0. The second kappa shape index (κ2) is 22.7. The molecule has 0 aliphatic heterocycles. The van der Waals surface area contributed by atoms with Crippen molar-refractivity contribution in [3.8, 4) is 11.1 Å². The van der Waals surface area contributed by atoms with Crippen LogP contribution in [0.15, 0.2) is 126 Å². The smallest absolute Gasteiger partial charge is 0.478 e. The number of nitrogens with one attached hydrogen (secondary N) is 2. The average Bonchev–Trinajstić information content (AvgIpc) is 4.11. The number of halogens is 3. The van der Waals surface area contributed by atoms with E-state index in [0.717, 1.165) is 82.5 Å². The zero-order valence-corrected chi connectivity index (χ0v) is 41.5. The van der Waals surface area contributed by atoms with Gasteiger partial charge in [0, 0.05) is 28.6 Å². The zero-order chi connectivity index (χ0) is 51.2. The minimum absolute atomic E-state index is 0.0207. The van der Waals surface area contributed by atoms with Crippen LogP contribution in [0.1, 0.15) is 94.3 Å². The molecule has 12 nitrogen and oxygen atoms in total. The van der Waals surface area contributed by atoms with Crippen molar-refractivity contribution < 1.29 is 48.2 Å². The van der Waals surface area contributed by atoms with Gasteiger partial charge in [-0.2, -0.15) is 0 Å². The highest BCUT2D eigenvalue weighted by Gasteiger charge is 2.41. The molecule has 4 fully saturated rings. The Labute approximate surface area is 426 Å². The van der Waals surface area contributed by atoms with E-state index in [2.05, 4.69) is 67.6 Å². The van der Waals surface area contributed by atoms with Gasteiger partial charge in [-0.1, -0.05) is 81.7 Å². The Bertz CT molecular complexity index is 2940. The van der Waals surface area contributed by atoms with E-state index in [4.69, 9.17) is 15.2 Å². The van der Waals surface area contributed by atoms with E-state index in [-0.39, 0.29) is 40.4 Å². The van der Waals surface area contributed by atoms with Crippen molar-refractivity contribution >= 4 is 75.0 Å². The molecule has 0 heterocycles. The van der Waals surface area contributed by atoms with Gasteiger partial charge in [0.05, 0.1) is 46.7 Å². The molecule has 0 bridgehead atoms. The van der Waals surface area contributed by atoms with Crippen molar-refractivity contribution in [1.29, 1.82) is 0 Å². The van der Waals surface area contributed by atoms with Crippen LogP contribution in [0.5, 0.6) is 0 Å². The van der Waals surface area contributed by atoms with E-state index >= 15 is 0 Å².